The van der Waals surface area contributed by atoms with Gasteiger partial charge in [0.05, 0.1) is 16.5 Å². The Kier molecular flexibility index (Phi) is 3.01. The predicted molar refractivity (Wildman–Crippen MR) is 70.4 cm³/mol. The molecule has 0 aliphatic heterocycles. The SMILES string of the molecule is CC(C)(C)OC(=O)c1ccc2c(=O)[nH]c(=O)[nH]c2c1. The number of carbonyl (C=O) groups is 1. The molecular formula is C13H14N2O4. The van der Waals surface area contributed by atoms with Gasteiger partial charge in [-0.1, -0.05) is 0 Å². The number of aromatic amines is 2. The fourth-order valence-corrected chi connectivity index (χ4v) is 1.63. The topological polar surface area (TPSA) is 92.0 Å². The quantitative estimate of drug-likeness (QED) is 0.754. The van der Waals surface area contributed by atoms with Gasteiger partial charge in [-0.15, -0.1) is 0 Å². The summed E-state index contributed by atoms with van der Waals surface area (Å²) in [5, 5.41) is 0.312. The minimum absolute atomic E-state index is 0.281. The van der Waals surface area contributed by atoms with Crippen LogP contribution in [0.3, 0.4) is 0 Å². The molecule has 1 aromatic carbocycles. The van der Waals surface area contributed by atoms with Crippen LogP contribution in [0.25, 0.3) is 10.9 Å². The van der Waals surface area contributed by atoms with Gasteiger partial charge in [0.15, 0.2) is 0 Å². The predicted octanol–water partition coefficient (Wildman–Crippen LogP) is 1.17. The van der Waals surface area contributed by atoms with Crippen LogP contribution in [0.1, 0.15) is 31.1 Å². The molecule has 0 fully saturated rings. The lowest BCUT2D eigenvalue weighted by molar-refractivity contribution is 0.00697. The molecule has 0 spiro atoms. The fraction of sp³-hybridized carbons (Fsp3) is 0.308. The summed E-state index contributed by atoms with van der Waals surface area (Å²) >= 11 is 0. The number of nitrogens with one attached hydrogen (secondary N) is 2. The van der Waals surface area contributed by atoms with Crippen LogP contribution in [-0.2, 0) is 4.74 Å². The van der Waals surface area contributed by atoms with E-state index in [9.17, 15) is 14.4 Å². The number of hydrogen-bond donors (Lipinski definition) is 2. The average Bonchev–Trinajstić information content (AvgIpc) is 2.25. The number of fused-ring (bicyclic) bond motifs is 1. The molecule has 0 bridgehead atoms. The van der Waals surface area contributed by atoms with E-state index in [1.807, 2.05) is 0 Å². The standard InChI is InChI=1S/C13H14N2O4/c1-13(2,3)19-11(17)7-4-5-8-9(6-7)14-12(18)15-10(8)16/h4-6H,1-3H3,(H2,14,15,16,18). The Morgan fingerprint density at radius 2 is 1.84 bits per heavy atom. The molecule has 0 atom stereocenters. The number of esters is 1. The second kappa shape index (κ2) is 4.38. The van der Waals surface area contributed by atoms with Crippen molar-refractivity contribution in [3.8, 4) is 0 Å². The van der Waals surface area contributed by atoms with E-state index >= 15 is 0 Å². The number of aromatic nitrogens is 2. The van der Waals surface area contributed by atoms with Gasteiger partial charge in [-0.25, -0.2) is 9.59 Å². The minimum Gasteiger partial charge on any atom is -0.456 e. The van der Waals surface area contributed by atoms with E-state index < -0.39 is 22.8 Å². The lowest BCUT2D eigenvalue weighted by Gasteiger charge is -2.19. The van der Waals surface area contributed by atoms with Gasteiger partial charge in [0.25, 0.3) is 5.56 Å². The summed E-state index contributed by atoms with van der Waals surface area (Å²) in [6, 6.07) is 4.40. The van der Waals surface area contributed by atoms with Crippen LogP contribution < -0.4 is 11.2 Å². The van der Waals surface area contributed by atoms with Crippen LogP contribution >= 0.6 is 0 Å². The highest BCUT2D eigenvalue weighted by Crippen LogP contribution is 2.14. The lowest BCUT2D eigenvalue weighted by Crippen LogP contribution is -2.24. The van der Waals surface area contributed by atoms with Gasteiger partial charge in [0.1, 0.15) is 5.60 Å². The Morgan fingerprint density at radius 3 is 2.47 bits per heavy atom. The molecule has 19 heavy (non-hydrogen) atoms. The molecule has 2 aromatic rings. The Morgan fingerprint density at radius 1 is 1.16 bits per heavy atom. The van der Waals surface area contributed by atoms with Crippen molar-refractivity contribution in [2.45, 2.75) is 26.4 Å². The van der Waals surface area contributed by atoms with Crippen molar-refractivity contribution in [2.75, 3.05) is 0 Å². The minimum atomic E-state index is -0.612. The Balaban J connectivity index is 2.50. The third kappa shape index (κ3) is 2.90. The number of rotatable bonds is 1. The number of benzene rings is 1. The summed E-state index contributed by atoms with van der Waals surface area (Å²) < 4.78 is 5.22. The van der Waals surface area contributed by atoms with Crippen molar-refractivity contribution in [2.24, 2.45) is 0 Å². The highest BCUT2D eigenvalue weighted by molar-refractivity contribution is 5.94. The molecule has 1 heterocycles. The highest BCUT2D eigenvalue weighted by Gasteiger charge is 2.18. The fourth-order valence-electron chi connectivity index (χ4n) is 1.63. The molecule has 100 valence electrons. The normalized spacial score (nSPS) is 11.5. The Hall–Kier alpha value is -2.37. The molecule has 6 nitrogen and oxygen atoms in total. The highest BCUT2D eigenvalue weighted by atomic mass is 16.6. The molecule has 1 aromatic heterocycles. The van der Waals surface area contributed by atoms with Crippen LogP contribution in [0.15, 0.2) is 27.8 Å². The zero-order valence-corrected chi connectivity index (χ0v) is 10.9. The number of hydrogen-bond acceptors (Lipinski definition) is 4. The van der Waals surface area contributed by atoms with Gasteiger partial charge in [-0.3, -0.25) is 9.78 Å². The third-order valence-electron chi connectivity index (χ3n) is 2.37. The maximum Gasteiger partial charge on any atom is 0.338 e. The summed E-state index contributed by atoms with van der Waals surface area (Å²) in [4.78, 5) is 39.2. The Labute approximate surface area is 108 Å². The van der Waals surface area contributed by atoms with Gasteiger partial charge in [-0.05, 0) is 39.0 Å². The largest absolute Gasteiger partial charge is 0.456 e. The van der Waals surface area contributed by atoms with Gasteiger partial charge in [-0.2, -0.15) is 0 Å². The summed E-state index contributed by atoms with van der Waals surface area (Å²) in [6.07, 6.45) is 0. The second-order valence-corrected chi connectivity index (χ2v) is 5.17. The smallest absolute Gasteiger partial charge is 0.338 e. The van der Waals surface area contributed by atoms with Crippen LogP contribution in [0.4, 0.5) is 0 Å². The zero-order valence-electron chi connectivity index (χ0n) is 10.9. The molecular weight excluding hydrogens is 248 g/mol. The van der Waals surface area contributed by atoms with E-state index in [2.05, 4.69) is 9.97 Å². The molecule has 0 radical (unpaired) electrons. The van der Waals surface area contributed by atoms with Crippen molar-refractivity contribution < 1.29 is 9.53 Å². The third-order valence-corrected chi connectivity index (χ3v) is 2.37. The van der Waals surface area contributed by atoms with E-state index in [1.165, 1.54) is 18.2 Å². The summed E-state index contributed by atoms with van der Waals surface area (Å²) in [7, 11) is 0. The first-order valence-corrected chi connectivity index (χ1v) is 5.76. The van der Waals surface area contributed by atoms with Gasteiger partial charge in [0, 0.05) is 0 Å². The number of carbonyl (C=O) groups excluding carboxylic acids is 1. The monoisotopic (exact) mass is 262 g/mol. The van der Waals surface area contributed by atoms with Gasteiger partial charge < -0.3 is 9.72 Å². The van der Waals surface area contributed by atoms with Crippen molar-refractivity contribution in [1.29, 1.82) is 0 Å². The molecule has 0 saturated carbocycles. The molecule has 0 saturated heterocycles. The maximum absolute atomic E-state index is 11.9. The molecule has 0 aliphatic rings. The molecule has 0 aliphatic carbocycles. The van der Waals surface area contributed by atoms with E-state index in [0.717, 1.165) is 0 Å². The van der Waals surface area contributed by atoms with Crippen LogP contribution in [-0.4, -0.2) is 21.5 Å². The maximum atomic E-state index is 11.9. The van der Waals surface area contributed by atoms with E-state index in [1.54, 1.807) is 20.8 Å². The number of H-pyrrole nitrogens is 2. The average molecular weight is 262 g/mol. The van der Waals surface area contributed by atoms with Crippen LogP contribution in [0, 0.1) is 0 Å². The summed E-state index contributed by atoms with van der Waals surface area (Å²) in [5.41, 5.74) is -1.12. The molecule has 2 rings (SSSR count). The summed E-state index contributed by atoms with van der Waals surface area (Å²) in [6.45, 7) is 5.29. The van der Waals surface area contributed by atoms with E-state index in [4.69, 9.17) is 4.74 Å². The zero-order chi connectivity index (χ0) is 14.2. The molecule has 0 amide bonds. The van der Waals surface area contributed by atoms with E-state index in [-0.39, 0.29) is 5.56 Å². The molecule has 0 unspecified atom stereocenters. The lowest BCUT2D eigenvalue weighted by atomic mass is 10.1. The van der Waals surface area contributed by atoms with Crippen LogP contribution in [0.2, 0.25) is 0 Å². The van der Waals surface area contributed by atoms with Crippen molar-refractivity contribution in [3.63, 3.8) is 0 Å². The first-order chi connectivity index (χ1) is 8.76. The van der Waals surface area contributed by atoms with Gasteiger partial charge in [0.2, 0.25) is 0 Å². The van der Waals surface area contributed by atoms with Crippen LogP contribution in [0.5, 0.6) is 0 Å². The van der Waals surface area contributed by atoms with Crippen molar-refractivity contribution in [1.82, 2.24) is 9.97 Å². The first kappa shape index (κ1) is 13.1. The molecule has 2 N–H and O–H groups in total. The first-order valence-electron chi connectivity index (χ1n) is 5.76. The van der Waals surface area contributed by atoms with Crippen molar-refractivity contribution >= 4 is 16.9 Å². The second-order valence-electron chi connectivity index (χ2n) is 5.17. The van der Waals surface area contributed by atoms with Gasteiger partial charge >= 0.3 is 11.7 Å². The number of ether oxygens (including phenoxy) is 1. The summed E-state index contributed by atoms with van der Waals surface area (Å²) in [5.74, 6) is -0.504. The van der Waals surface area contributed by atoms with Crippen molar-refractivity contribution in [3.05, 3.63) is 44.6 Å². The Bertz CT molecular complexity index is 750. The molecule has 6 heteroatoms. The van der Waals surface area contributed by atoms with E-state index in [0.29, 0.717) is 10.9 Å².